The maximum Gasteiger partial charge on any atom is 0.301 e. The van der Waals surface area contributed by atoms with Gasteiger partial charge in [0, 0.05) is 13.0 Å². The van der Waals surface area contributed by atoms with Gasteiger partial charge in [-0.2, -0.15) is 9.50 Å². The van der Waals surface area contributed by atoms with E-state index in [0.29, 0.717) is 18.1 Å². The van der Waals surface area contributed by atoms with Crippen molar-refractivity contribution < 1.29 is 0 Å². The zero-order valence-electron chi connectivity index (χ0n) is 11.4. The third-order valence-corrected chi connectivity index (χ3v) is 3.07. The number of aromatic nitrogens is 4. The highest BCUT2D eigenvalue weighted by Gasteiger charge is 2.15. The summed E-state index contributed by atoms with van der Waals surface area (Å²) in [6.45, 7) is 4.78. The summed E-state index contributed by atoms with van der Waals surface area (Å²) in [7, 11) is 0. The minimum absolute atomic E-state index is 0.0351. The summed E-state index contributed by atoms with van der Waals surface area (Å²) in [5.41, 5.74) is 11.3. The first-order valence-electron chi connectivity index (χ1n) is 6.63. The SMILES string of the molecule is CCCCc1nc2n(CCC)c(N)c(N)c(=O)n2n1. The monoisotopic (exact) mass is 264 g/mol. The van der Waals surface area contributed by atoms with Gasteiger partial charge in [0.15, 0.2) is 5.82 Å². The Bertz CT molecular complexity index is 642. The Hall–Kier alpha value is -2.05. The van der Waals surface area contributed by atoms with Crippen LogP contribution in [0, 0.1) is 0 Å². The molecule has 2 aromatic rings. The Kier molecular flexibility index (Phi) is 3.73. The van der Waals surface area contributed by atoms with Gasteiger partial charge in [-0.3, -0.25) is 9.36 Å². The second-order valence-electron chi connectivity index (χ2n) is 4.60. The van der Waals surface area contributed by atoms with E-state index in [9.17, 15) is 4.79 Å². The van der Waals surface area contributed by atoms with Gasteiger partial charge in [-0.1, -0.05) is 20.3 Å². The van der Waals surface area contributed by atoms with Gasteiger partial charge in [-0.05, 0) is 12.8 Å². The number of aryl methyl sites for hydroxylation is 2. The van der Waals surface area contributed by atoms with Gasteiger partial charge in [-0.15, -0.1) is 5.10 Å². The zero-order valence-corrected chi connectivity index (χ0v) is 11.4. The molecule has 0 radical (unpaired) electrons. The van der Waals surface area contributed by atoms with Crippen molar-refractivity contribution in [3.8, 4) is 0 Å². The summed E-state index contributed by atoms with van der Waals surface area (Å²) in [5, 5.41) is 4.23. The van der Waals surface area contributed by atoms with Crippen LogP contribution in [0.3, 0.4) is 0 Å². The van der Waals surface area contributed by atoms with E-state index in [1.807, 2.05) is 6.92 Å². The Morgan fingerprint density at radius 1 is 1.21 bits per heavy atom. The number of unbranched alkanes of at least 4 members (excludes halogenated alkanes) is 1. The fourth-order valence-electron chi connectivity index (χ4n) is 2.02. The van der Waals surface area contributed by atoms with Crippen LogP contribution < -0.4 is 17.0 Å². The van der Waals surface area contributed by atoms with Gasteiger partial charge in [0.25, 0.3) is 0 Å². The highest BCUT2D eigenvalue weighted by Crippen LogP contribution is 2.14. The molecule has 0 atom stereocenters. The van der Waals surface area contributed by atoms with Crippen LogP contribution in [0.15, 0.2) is 4.79 Å². The molecule has 0 saturated carbocycles. The lowest BCUT2D eigenvalue weighted by Gasteiger charge is -2.11. The third kappa shape index (κ3) is 2.27. The molecule has 0 aliphatic heterocycles. The molecule has 2 rings (SSSR count). The van der Waals surface area contributed by atoms with Crippen LogP contribution in [-0.4, -0.2) is 19.2 Å². The Morgan fingerprint density at radius 2 is 1.95 bits per heavy atom. The smallest absolute Gasteiger partial charge is 0.301 e. The molecule has 0 aliphatic carbocycles. The summed E-state index contributed by atoms with van der Waals surface area (Å²) in [5.74, 6) is 1.41. The largest absolute Gasteiger partial charge is 0.391 e. The number of nitrogens with two attached hydrogens (primary N) is 2. The first kappa shape index (κ1) is 13.4. The molecule has 0 aromatic carbocycles. The van der Waals surface area contributed by atoms with E-state index in [4.69, 9.17) is 11.5 Å². The normalized spacial score (nSPS) is 11.3. The van der Waals surface area contributed by atoms with E-state index in [2.05, 4.69) is 17.0 Å². The van der Waals surface area contributed by atoms with Crippen molar-refractivity contribution in [3.63, 3.8) is 0 Å². The van der Waals surface area contributed by atoms with Crippen molar-refractivity contribution >= 4 is 17.3 Å². The molecule has 19 heavy (non-hydrogen) atoms. The number of rotatable bonds is 5. The number of nitrogen functional groups attached to an aromatic ring is 2. The van der Waals surface area contributed by atoms with Gasteiger partial charge in [0.1, 0.15) is 11.5 Å². The Labute approximate surface area is 111 Å². The van der Waals surface area contributed by atoms with E-state index in [1.165, 1.54) is 4.52 Å². The number of hydrogen-bond acceptors (Lipinski definition) is 5. The summed E-state index contributed by atoms with van der Waals surface area (Å²) in [6, 6.07) is 0. The van der Waals surface area contributed by atoms with Gasteiger partial charge < -0.3 is 11.5 Å². The van der Waals surface area contributed by atoms with E-state index in [0.717, 1.165) is 25.7 Å². The molecular formula is C12H20N6O. The summed E-state index contributed by atoms with van der Waals surface area (Å²) in [6.07, 6.45) is 3.67. The fourth-order valence-corrected chi connectivity index (χ4v) is 2.02. The van der Waals surface area contributed by atoms with Gasteiger partial charge in [-0.25, -0.2) is 0 Å². The summed E-state index contributed by atoms with van der Waals surface area (Å²) >= 11 is 0. The van der Waals surface area contributed by atoms with E-state index >= 15 is 0 Å². The molecule has 104 valence electrons. The van der Waals surface area contributed by atoms with Crippen LogP contribution in [0.2, 0.25) is 0 Å². The van der Waals surface area contributed by atoms with Crippen LogP contribution in [0.25, 0.3) is 5.78 Å². The quantitative estimate of drug-likeness (QED) is 0.831. The van der Waals surface area contributed by atoms with Crippen LogP contribution in [-0.2, 0) is 13.0 Å². The number of anilines is 2. The molecule has 7 nitrogen and oxygen atoms in total. The van der Waals surface area contributed by atoms with E-state index in [1.54, 1.807) is 4.57 Å². The molecule has 0 unspecified atom stereocenters. The molecule has 2 heterocycles. The van der Waals surface area contributed by atoms with Crippen molar-refractivity contribution in [1.29, 1.82) is 0 Å². The summed E-state index contributed by atoms with van der Waals surface area (Å²) in [4.78, 5) is 16.4. The second kappa shape index (κ2) is 5.29. The lowest BCUT2D eigenvalue weighted by atomic mass is 10.2. The fraction of sp³-hybridized carbons (Fsp3) is 0.583. The second-order valence-corrected chi connectivity index (χ2v) is 4.60. The Balaban J connectivity index is 2.64. The molecule has 0 spiro atoms. The minimum atomic E-state index is -0.393. The Morgan fingerprint density at radius 3 is 2.58 bits per heavy atom. The van der Waals surface area contributed by atoms with Gasteiger partial charge in [0.05, 0.1) is 0 Å². The maximum absolute atomic E-state index is 12.0. The molecule has 0 fully saturated rings. The lowest BCUT2D eigenvalue weighted by Crippen LogP contribution is -2.25. The molecule has 7 heteroatoms. The standard InChI is InChI=1S/C12H20N6O/c1-3-5-6-8-15-12-17(7-4-2)10(14)9(13)11(19)18(12)16-8/h3-7,13-14H2,1-2H3. The molecular weight excluding hydrogens is 244 g/mol. The molecule has 0 bridgehead atoms. The predicted octanol–water partition coefficient (Wildman–Crippen LogP) is 0.808. The van der Waals surface area contributed by atoms with Crippen molar-refractivity contribution in [1.82, 2.24) is 19.2 Å². The third-order valence-electron chi connectivity index (χ3n) is 3.07. The number of hydrogen-bond donors (Lipinski definition) is 2. The highest BCUT2D eigenvalue weighted by molar-refractivity contribution is 5.61. The first-order chi connectivity index (χ1) is 9.10. The minimum Gasteiger partial charge on any atom is -0.391 e. The van der Waals surface area contributed by atoms with Crippen molar-refractivity contribution in [2.45, 2.75) is 46.1 Å². The molecule has 2 aromatic heterocycles. The van der Waals surface area contributed by atoms with E-state index < -0.39 is 5.56 Å². The van der Waals surface area contributed by atoms with Crippen LogP contribution in [0.1, 0.15) is 38.9 Å². The van der Waals surface area contributed by atoms with E-state index in [-0.39, 0.29) is 11.5 Å². The summed E-state index contributed by atoms with van der Waals surface area (Å²) < 4.78 is 3.01. The predicted molar refractivity (Wildman–Crippen MR) is 75.0 cm³/mol. The van der Waals surface area contributed by atoms with Crippen LogP contribution >= 0.6 is 0 Å². The molecule has 0 amide bonds. The van der Waals surface area contributed by atoms with Crippen molar-refractivity contribution in [2.75, 3.05) is 11.5 Å². The van der Waals surface area contributed by atoms with Crippen LogP contribution in [0.5, 0.6) is 0 Å². The van der Waals surface area contributed by atoms with Crippen LogP contribution in [0.4, 0.5) is 11.5 Å². The zero-order chi connectivity index (χ0) is 14.0. The van der Waals surface area contributed by atoms with Crippen molar-refractivity contribution in [2.24, 2.45) is 0 Å². The maximum atomic E-state index is 12.0. The average molecular weight is 264 g/mol. The highest BCUT2D eigenvalue weighted by atomic mass is 16.1. The average Bonchev–Trinajstić information content (AvgIpc) is 2.83. The molecule has 4 N–H and O–H groups in total. The lowest BCUT2D eigenvalue weighted by molar-refractivity contribution is 0.677. The first-order valence-corrected chi connectivity index (χ1v) is 6.63. The molecule has 0 aliphatic rings. The number of nitrogens with zero attached hydrogens (tertiary/aromatic N) is 4. The topological polar surface area (TPSA) is 104 Å². The number of fused-ring (bicyclic) bond motifs is 1. The van der Waals surface area contributed by atoms with Crippen molar-refractivity contribution in [3.05, 3.63) is 16.2 Å². The molecule has 0 saturated heterocycles. The van der Waals surface area contributed by atoms with Gasteiger partial charge >= 0.3 is 5.56 Å². The van der Waals surface area contributed by atoms with Gasteiger partial charge in [0.2, 0.25) is 5.78 Å².